The van der Waals surface area contributed by atoms with Crippen molar-refractivity contribution in [3.8, 4) is 0 Å². The van der Waals surface area contributed by atoms with Gasteiger partial charge in [0.15, 0.2) is 0 Å². The fourth-order valence-corrected chi connectivity index (χ4v) is 2.30. The Hall–Kier alpha value is -2.19. The van der Waals surface area contributed by atoms with Crippen LogP contribution >= 0.6 is 0 Å². The number of nitrogens with zero attached hydrogens (tertiary/aromatic N) is 1. The van der Waals surface area contributed by atoms with Crippen LogP contribution in [0.3, 0.4) is 0 Å². The minimum atomic E-state index is -1.01. The molecule has 0 aliphatic carbocycles. The molecule has 3 rings (SSSR count). The number of aliphatic hydroxyl groups is 1. The average molecular weight is 249 g/mol. The van der Waals surface area contributed by atoms with Crippen molar-refractivity contribution < 1.29 is 5.11 Å². The predicted molar refractivity (Wildman–Crippen MR) is 76.9 cm³/mol. The first kappa shape index (κ1) is 11.9. The molecular weight excluding hydrogens is 234 g/mol. The zero-order chi connectivity index (χ0) is 13.3. The first-order valence-corrected chi connectivity index (χ1v) is 6.31. The molecule has 2 heteroatoms. The van der Waals surface area contributed by atoms with Crippen LogP contribution in [0.25, 0.3) is 10.9 Å². The van der Waals surface area contributed by atoms with Gasteiger partial charge in [-0.2, -0.15) is 0 Å². The van der Waals surface area contributed by atoms with E-state index in [1.807, 2.05) is 67.6 Å². The van der Waals surface area contributed by atoms with Crippen molar-refractivity contribution in [1.82, 2.24) is 4.98 Å². The first-order valence-electron chi connectivity index (χ1n) is 6.31. The third kappa shape index (κ3) is 2.11. The highest BCUT2D eigenvalue weighted by Crippen LogP contribution is 2.30. The highest BCUT2D eigenvalue weighted by atomic mass is 16.3. The maximum absolute atomic E-state index is 10.8. The molecule has 1 heterocycles. The van der Waals surface area contributed by atoms with Crippen LogP contribution in [0.15, 0.2) is 66.9 Å². The van der Waals surface area contributed by atoms with Crippen LogP contribution in [-0.2, 0) is 5.60 Å². The van der Waals surface area contributed by atoms with Gasteiger partial charge in [0.2, 0.25) is 0 Å². The molecule has 0 amide bonds. The SMILES string of the molecule is CC(O)(c1ccccc1)c1ccc2cccnc2c1. The Morgan fingerprint density at radius 2 is 1.68 bits per heavy atom. The maximum atomic E-state index is 10.8. The molecule has 1 N–H and O–H groups in total. The largest absolute Gasteiger partial charge is 0.381 e. The molecule has 3 aromatic rings. The summed E-state index contributed by atoms with van der Waals surface area (Å²) < 4.78 is 0. The molecule has 94 valence electrons. The molecule has 19 heavy (non-hydrogen) atoms. The normalized spacial score (nSPS) is 14.2. The van der Waals surface area contributed by atoms with Gasteiger partial charge in [-0.3, -0.25) is 4.98 Å². The van der Waals surface area contributed by atoms with Gasteiger partial charge in [0.05, 0.1) is 5.52 Å². The summed E-state index contributed by atoms with van der Waals surface area (Å²) in [5.41, 5.74) is 1.62. The Morgan fingerprint density at radius 1 is 0.895 bits per heavy atom. The quantitative estimate of drug-likeness (QED) is 0.754. The molecule has 0 bridgehead atoms. The molecule has 0 saturated carbocycles. The Labute approximate surface area is 112 Å². The van der Waals surface area contributed by atoms with Crippen molar-refractivity contribution in [3.05, 3.63) is 78.0 Å². The topological polar surface area (TPSA) is 33.1 Å². The molecule has 0 aliphatic rings. The first-order chi connectivity index (χ1) is 9.18. The van der Waals surface area contributed by atoms with E-state index in [0.29, 0.717) is 0 Å². The van der Waals surface area contributed by atoms with Crippen LogP contribution in [0.4, 0.5) is 0 Å². The van der Waals surface area contributed by atoms with Gasteiger partial charge in [-0.25, -0.2) is 0 Å². The summed E-state index contributed by atoms with van der Waals surface area (Å²) in [7, 11) is 0. The number of aromatic nitrogens is 1. The van der Waals surface area contributed by atoms with Gasteiger partial charge < -0.3 is 5.11 Å². The van der Waals surface area contributed by atoms with Gasteiger partial charge in [0.25, 0.3) is 0 Å². The van der Waals surface area contributed by atoms with Crippen LogP contribution in [-0.4, -0.2) is 10.1 Å². The number of pyridine rings is 1. The van der Waals surface area contributed by atoms with E-state index in [4.69, 9.17) is 0 Å². The number of hydrogen-bond donors (Lipinski definition) is 1. The zero-order valence-electron chi connectivity index (χ0n) is 10.7. The minimum absolute atomic E-state index is 0.852. The number of rotatable bonds is 2. The molecule has 1 aromatic heterocycles. The Bertz CT molecular complexity index is 705. The van der Waals surface area contributed by atoms with E-state index in [-0.39, 0.29) is 0 Å². The monoisotopic (exact) mass is 249 g/mol. The van der Waals surface area contributed by atoms with E-state index in [9.17, 15) is 5.11 Å². The van der Waals surface area contributed by atoms with Crippen LogP contribution in [0.5, 0.6) is 0 Å². The van der Waals surface area contributed by atoms with Crippen molar-refractivity contribution in [2.75, 3.05) is 0 Å². The van der Waals surface area contributed by atoms with E-state index in [1.54, 1.807) is 6.20 Å². The summed E-state index contributed by atoms with van der Waals surface area (Å²) >= 11 is 0. The Balaban J connectivity index is 2.13. The lowest BCUT2D eigenvalue weighted by Gasteiger charge is -2.24. The molecule has 0 spiro atoms. The second kappa shape index (κ2) is 4.48. The summed E-state index contributed by atoms with van der Waals surface area (Å²) in [5.74, 6) is 0. The van der Waals surface area contributed by atoms with Crippen LogP contribution < -0.4 is 0 Å². The average Bonchev–Trinajstić information content (AvgIpc) is 2.47. The molecule has 1 atom stereocenters. The zero-order valence-corrected chi connectivity index (χ0v) is 10.7. The lowest BCUT2D eigenvalue weighted by Crippen LogP contribution is -2.22. The fraction of sp³-hybridized carbons (Fsp3) is 0.118. The van der Waals surface area contributed by atoms with E-state index in [1.165, 1.54) is 0 Å². The maximum Gasteiger partial charge on any atom is 0.112 e. The van der Waals surface area contributed by atoms with Crippen LogP contribution in [0.2, 0.25) is 0 Å². The summed E-state index contributed by atoms with van der Waals surface area (Å²) in [6.07, 6.45) is 1.77. The molecule has 2 nitrogen and oxygen atoms in total. The van der Waals surface area contributed by atoms with Crippen molar-refractivity contribution in [2.45, 2.75) is 12.5 Å². The van der Waals surface area contributed by atoms with E-state index in [0.717, 1.165) is 22.0 Å². The lowest BCUT2D eigenvalue weighted by molar-refractivity contribution is 0.102. The fourth-order valence-electron chi connectivity index (χ4n) is 2.30. The summed E-state index contributed by atoms with van der Waals surface area (Å²) in [4.78, 5) is 4.34. The summed E-state index contributed by atoms with van der Waals surface area (Å²) in [6, 6.07) is 19.5. The van der Waals surface area contributed by atoms with E-state index >= 15 is 0 Å². The van der Waals surface area contributed by atoms with Crippen molar-refractivity contribution in [3.63, 3.8) is 0 Å². The van der Waals surface area contributed by atoms with Gasteiger partial charge >= 0.3 is 0 Å². The number of fused-ring (bicyclic) bond motifs is 1. The number of hydrogen-bond acceptors (Lipinski definition) is 2. The van der Waals surface area contributed by atoms with Gasteiger partial charge in [0, 0.05) is 11.6 Å². The molecular formula is C17H15NO. The second-order valence-electron chi connectivity index (χ2n) is 4.85. The predicted octanol–water partition coefficient (Wildman–Crippen LogP) is 3.49. The lowest BCUT2D eigenvalue weighted by atomic mass is 9.88. The Morgan fingerprint density at radius 3 is 2.47 bits per heavy atom. The minimum Gasteiger partial charge on any atom is -0.381 e. The molecule has 2 aromatic carbocycles. The van der Waals surface area contributed by atoms with Gasteiger partial charge in [0.1, 0.15) is 5.60 Å². The molecule has 0 radical (unpaired) electrons. The highest BCUT2D eigenvalue weighted by molar-refractivity contribution is 5.79. The standard InChI is InChI=1S/C17H15NO/c1-17(19,14-7-3-2-4-8-14)15-10-9-13-6-5-11-18-16(13)12-15/h2-12,19H,1H3. The van der Waals surface area contributed by atoms with Crippen molar-refractivity contribution in [1.29, 1.82) is 0 Å². The molecule has 0 fully saturated rings. The Kier molecular flexibility index (Phi) is 2.80. The van der Waals surface area contributed by atoms with Gasteiger partial charge in [-0.15, -0.1) is 0 Å². The molecule has 0 aliphatic heterocycles. The summed E-state index contributed by atoms with van der Waals surface area (Å²) in [5, 5.41) is 11.9. The molecule has 0 saturated heterocycles. The highest BCUT2D eigenvalue weighted by Gasteiger charge is 2.25. The van der Waals surface area contributed by atoms with Crippen LogP contribution in [0.1, 0.15) is 18.1 Å². The van der Waals surface area contributed by atoms with Crippen molar-refractivity contribution in [2.24, 2.45) is 0 Å². The van der Waals surface area contributed by atoms with Gasteiger partial charge in [-0.05, 0) is 30.2 Å². The summed E-state index contributed by atoms with van der Waals surface area (Å²) in [6.45, 7) is 1.81. The second-order valence-corrected chi connectivity index (χ2v) is 4.85. The smallest absolute Gasteiger partial charge is 0.112 e. The van der Waals surface area contributed by atoms with E-state index < -0.39 is 5.60 Å². The number of benzene rings is 2. The third-order valence-electron chi connectivity index (χ3n) is 3.50. The van der Waals surface area contributed by atoms with Crippen LogP contribution in [0, 0.1) is 0 Å². The molecule has 1 unspecified atom stereocenters. The third-order valence-corrected chi connectivity index (χ3v) is 3.50. The van der Waals surface area contributed by atoms with E-state index in [2.05, 4.69) is 4.98 Å². The van der Waals surface area contributed by atoms with Crippen molar-refractivity contribution >= 4 is 10.9 Å². The van der Waals surface area contributed by atoms with Gasteiger partial charge in [-0.1, -0.05) is 48.5 Å².